The molecule has 0 bridgehead atoms. The van der Waals surface area contributed by atoms with Gasteiger partial charge in [-0.25, -0.2) is 9.63 Å². The number of aryl methyl sites for hydroxylation is 1. The highest BCUT2D eigenvalue weighted by molar-refractivity contribution is 7.99. The molecule has 2 aromatic carbocycles. The van der Waals surface area contributed by atoms with Gasteiger partial charge in [0, 0.05) is 21.9 Å². The molecule has 0 radical (unpaired) electrons. The third kappa shape index (κ3) is 4.34. The summed E-state index contributed by atoms with van der Waals surface area (Å²) in [5.74, 6) is -0.534. The average molecular weight is 386 g/mol. The molecule has 26 heavy (non-hydrogen) atoms. The van der Waals surface area contributed by atoms with E-state index in [0.717, 1.165) is 24.9 Å². The Labute approximate surface area is 151 Å². The summed E-state index contributed by atoms with van der Waals surface area (Å²) in [5, 5.41) is 0. The topological polar surface area (TPSA) is 55.6 Å². The number of methoxy groups -OCH3 is 1. The number of halogens is 3. The fourth-order valence-electron chi connectivity index (χ4n) is 2.21. The second-order valence-electron chi connectivity index (χ2n) is 5.19. The van der Waals surface area contributed by atoms with Gasteiger partial charge in [-0.05, 0) is 36.8 Å². The largest absolute Gasteiger partial charge is 0.465 e. The summed E-state index contributed by atoms with van der Waals surface area (Å²) < 4.78 is 45.0. The molecule has 0 aliphatic heterocycles. The first-order valence-corrected chi connectivity index (χ1v) is 8.08. The number of carbonyl (C=O) groups is 1. The van der Waals surface area contributed by atoms with Crippen LogP contribution in [-0.4, -0.2) is 25.1 Å². The molecular formula is C17H15F3NO4S+. The van der Waals surface area contributed by atoms with Crippen molar-refractivity contribution in [2.24, 2.45) is 0 Å². The fraction of sp³-hybridized carbons (Fsp3) is 0.235. The van der Waals surface area contributed by atoms with Crippen molar-refractivity contribution in [1.29, 1.82) is 0 Å². The van der Waals surface area contributed by atoms with Gasteiger partial charge in [0.1, 0.15) is 0 Å². The van der Waals surface area contributed by atoms with Crippen LogP contribution in [0.15, 0.2) is 46.2 Å². The van der Waals surface area contributed by atoms with Gasteiger partial charge in [-0.1, -0.05) is 11.8 Å². The van der Waals surface area contributed by atoms with Gasteiger partial charge in [0.2, 0.25) is 0 Å². The van der Waals surface area contributed by atoms with E-state index in [1.54, 1.807) is 0 Å². The lowest BCUT2D eigenvalue weighted by molar-refractivity contribution is -0.736. The minimum atomic E-state index is -4.65. The van der Waals surface area contributed by atoms with E-state index in [4.69, 9.17) is 0 Å². The molecule has 0 saturated carbocycles. The Balaban J connectivity index is 2.45. The van der Waals surface area contributed by atoms with Crippen LogP contribution in [0.1, 0.15) is 21.5 Å². The highest BCUT2D eigenvalue weighted by Crippen LogP contribution is 2.43. The van der Waals surface area contributed by atoms with Crippen LogP contribution in [0.5, 0.6) is 0 Å². The molecule has 0 fully saturated rings. The van der Waals surface area contributed by atoms with Crippen molar-refractivity contribution in [3.8, 4) is 0 Å². The van der Waals surface area contributed by atoms with E-state index in [1.807, 2.05) is 0 Å². The molecular weight excluding hydrogens is 371 g/mol. The van der Waals surface area contributed by atoms with E-state index < -0.39 is 17.7 Å². The minimum Gasteiger partial charge on any atom is -0.465 e. The van der Waals surface area contributed by atoms with Crippen molar-refractivity contribution in [3.63, 3.8) is 0 Å². The fourth-order valence-corrected chi connectivity index (χ4v) is 3.22. The van der Waals surface area contributed by atoms with Gasteiger partial charge in [-0.2, -0.15) is 13.2 Å². The number of nitrogens with zero attached hydrogens (tertiary/aromatic N) is 1. The minimum absolute atomic E-state index is 0.0157. The second kappa shape index (κ2) is 7.77. The van der Waals surface area contributed by atoms with Crippen molar-refractivity contribution in [3.05, 3.63) is 58.0 Å². The maximum Gasteiger partial charge on any atom is 0.417 e. The van der Waals surface area contributed by atoms with Crippen LogP contribution in [0.4, 0.5) is 18.9 Å². The molecule has 0 heterocycles. The lowest BCUT2D eigenvalue weighted by Crippen LogP contribution is -2.10. The highest BCUT2D eigenvalue weighted by atomic mass is 32.2. The predicted molar refractivity (Wildman–Crippen MR) is 88.4 cm³/mol. The van der Waals surface area contributed by atoms with Gasteiger partial charge in [0.05, 0.1) is 23.1 Å². The molecule has 0 amide bonds. The molecule has 9 heteroatoms. The number of esters is 1. The number of ether oxygens (including phenoxy) is 1. The van der Waals surface area contributed by atoms with Gasteiger partial charge in [0.25, 0.3) is 4.92 Å². The van der Waals surface area contributed by atoms with Crippen molar-refractivity contribution in [2.45, 2.75) is 22.9 Å². The summed E-state index contributed by atoms with van der Waals surface area (Å²) in [6.45, 7) is 1.48. The van der Waals surface area contributed by atoms with E-state index in [0.29, 0.717) is 10.5 Å². The summed E-state index contributed by atoms with van der Waals surface area (Å²) in [5.41, 5.74) is -0.619. The van der Waals surface area contributed by atoms with E-state index in [1.165, 1.54) is 44.4 Å². The van der Waals surface area contributed by atoms with Crippen molar-refractivity contribution >= 4 is 23.4 Å². The number of benzene rings is 2. The molecule has 0 spiro atoms. The zero-order chi connectivity index (χ0) is 19.5. The van der Waals surface area contributed by atoms with Crippen molar-refractivity contribution in [2.75, 3.05) is 14.2 Å². The van der Waals surface area contributed by atoms with Crippen molar-refractivity contribution in [1.82, 2.24) is 0 Å². The third-order valence-electron chi connectivity index (χ3n) is 3.44. The zero-order valence-electron chi connectivity index (χ0n) is 14.1. The van der Waals surface area contributed by atoms with Crippen LogP contribution in [-0.2, 0) is 15.8 Å². The summed E-state index contributed by atoms with van der Waals surface area (Å²) in [6.07, 6.45) is -4.65. The molecule has 0 unspecified atom stereocenters. The van der Waals surface area contributed by atoms with Crippen LogP contribution in [0, 0.1) is 11.8 Å². The van der Waals surface area contributed by atoms with Gasteiger partial charge in [0.15, 0.2) is 7.11 Å². The number of hydrogen-bond acceptors (Lipinski definition) is 5. The van der Waals surface area contributed by atoms with E-state index >= 15 is 0 Å². The maximum atomic E-state index is 13.5. The second-order valence-corrected chi connectivity index (χ2v) is 6.28. The number of carbonyl (C=O) groups excluding carboxylic acids is 1. The van der Waals surface area contributed by atoms with E-state index in [9.17, 15) is 22.9 Å². The predicted octanol–water partition coefficient (Wildman–Crippen LogP) is 4.92. The molecule has 5 nitrogen and oxygen atoms in total. The third-order valence-corrected chi connectivity index (χ3v) is 4.69. The Hall–Kier alpha value is -2.55. The van der Waals surface area contributed by atoms with Gasteiger partial charge in [-0.15, -0.1) is 0 Å². The normalized spacial score (nSPS) is 11.2. The first-order chi connectivity index (χ1) is 12.2. The Morgan fingerprint density at radius 1 is 1.12 bits per heavy atom. The number of hydrogen-bond donors (Lipinski definition) is 0. The van der Waals surface area contributed by atoms with E-state index in [-0.39, 0.29) is 21.1 Å². The average Bonchev–Trinajstić information content (AvgIpc) is 2.61. The summed E-state index contributed by atoms with van der Waals surface area (Å²) in [4.78, 5) is 27.9. The molecule has 0 aliphatic carbocycles. The standard InChI is InChI=1S/C17H15F3NO4S/c1-10-8-12(21(23)25-3)9-14(17(18,19)20)15(10)26-13-6-4-11(5-7-13)16(22)24-2/h4-9H,1-3H3/q+1. The summed E-state index contributed by atoms with van der Waals surface area (Å²) in [7, 11) is 2.31. The summed E-state index contributed by atoms with van der Waals surface area (Å²) in [6, 6.07) is 8.05. The van der Waals surface area contributed by atoms with Crippen LogP contribution >= 0.6 is 11.8 Å². The Kier molecular flexibility index (Phi) is 5.91. The lowest BCUT2D eigenvalue weighted by Gasteiger charge is -2.14. The van der Waals surface area contributed by atoms with Crippen LogP contribution in [0.25, 0.3) is 0 Å². The summed E-state index contributed by atoms with van der Waals surface area (Å²) >= 11 is 0.890. The lowest BCUT2D eigenvalue weighted by atomic mass is 10.1. The van der Waals surface area contributed by atoms with Crippen LogP contribution < -0.4 is 0 Å². The monoisotopic (exact) mass is 386 g/mol. The quantitative estimate of drug-likeness (QED) is 0.539. The molecule has 0 saturated heterocycles. The highest BCUT2D eigenvalue weighted by Gasteiger charge is 2.37. The molecule has 2 aromatic rings. The molecule has 138 valence electrons. The molecule has 2 rings (SSSR count). The first-order valence-electron chi connectivity index (χ1n) is 7.26. The Morgan fingerprint density at radius 3 is 2.23 bits per heavy atom. The molecule has 0 aromatic heterocycles. The van der Waals surface area contributed by atoms with Crippen LogP contribution in [0.2, 0.25) is 0 Å². The van der Waals surface area contributed by atoms with Gasteiger partial charge < -0.3 is 4.74 Å². The smallest absolute Gasteiger partial charge is 0.417 e. The van der Waals surface area contributed by atoms with Gasteiger partial charge in [-0.3, -0.25) is 0 Å². The zero-order valence-corrected chi connectivity index (χ0v) is 14.9. The first kappa shape index (κ1) is 19.8. The molecule has 0 aliphatic rings. The number of alkyl halides is 3. The maximum absolute atomic E-state index is 13.5. The van der Waals surface area contributed by atoms with Gasteiger partial charge >= 0.3 is 17.8 Å². The Bertz CT molecular complexity index is 835. The molecule has 0 N–H and O–H groups in total. The van der Waals surface area contributed by atoms with E-state index in [2.05, 4.69) is 9.57 Å². The molecule has 0 atom stereocenters. The SMILES string of the molecule is COC(=O)c1ccc(Sc2c(C)cc([N+](=O)OC)cc2C(F)(F)F)cc1. The van der Waals surface area contributed by atoms with Crippen LogP contribution in [0.3, 0.4) is 0 Å². The van der Waals surface area contributed by atoms with Crippen molar-refractivity contribution < 1.29 is 32.5 Å². The Morgan fingerprint density at radius 2 is 1.73 bits per heavy atom. The number of rotatable bonds is 5.